The number of hydrogen-bond donors (Lipinski definition) is 1. The van der Waals surface area contributed by atoms with Crippen molar-refractivity contribution in [1.29, 1.82) is 0 Å². The average Bonchev–Trinajstić information content (AvgIpc) is 3.19. The Morgan fingerprint density at radius 3 is 2.58 bits per heavy atom. The molecular formula is C25H29BrN2O5. The van der Waals surface area contributed by atoms with Crippen LogP contribution < -0.4 is 15.0 Å². The van der Waals surface area contributed by atoms with Crippen LogP contribution in [0, 0.1) is 12.8 Å². The van der Waals surface area contributed by atoms with E-state index in [4.69, 9.17) is 9.47 Å². The van der Waals surface area contributed by atoms with Crippen molar-refractivity contribution in [2.45, 2.75) is 40.0 Å². The summed E-state index contributed by atoms with van der Waals surface area (Å²) < 4.78 is 11.7. The standard InChI is InChI=1S/C25H29BrN2O5/c1-4-10-32-21-8-6-20(7-9-21)28-14-18(13-23(28)30)25(31)33-15-22(29)27-24-16(3)11-19(26)12-17(24)5-2/h6-9,11-12,18H,4-5,10,13-15H2,1-3H3,(H,27,29)/t18-/m0/s1. The first-order valence-corrected chi connectivity index (χ1v) is 11.9. The number of halogens is 1. The summed E-state index contributed by atoms with van der Waals surface area (Å²) in [6.45, 7) is 6.40. The summed E-state index contributed by atoms with van der Waals surface area (Å²) in [5.41, 5.74) is 3.35. The number of nitrogens with zero attached hydrogens (tertiary/aromatic N) is 1. The summed E-state index contributed by atoms with van der Waals surface area (Å²) in [4.78, 5) is 39.0. The van der Waals surface area contributed by atoms with Gasteiger partial charge in [-0.05, 0) is 67.3 Å². The highest BCUT2D eigenvalue weighted by molar-refractivity contribution is 9.10. The molecule has 0 saturated carbocycles. The number of rotatable bonds is 9. The van der Waals surface area contributed by atoms with Crippen LogP contribution in [0.5, 0.6) is 5.75 Å². The highest BCUT2D eigenvalue weighted by atomic mass is 79.9. The van der Waals surface area contributed by atoms with Crippen molar-refractivity contribution in [3.63, 3.8) is 0 Å². The maximum atomic E-state index is 12.5. The van der Waals surface area contributed by atoms with Crippen LogP contribution in [0.4, 0.5) is 11.4 Å². The Kier molecular flexibility index (Phi) is 8.49. The molecule has 1 N–H and O–H groups in total. The number of carbonyl (C=O) groups excluding carboxylic acids is 3. The minimum Gasteiger partial charge on any atom is -0.494 e. The molecule has 0 bridgehead atoms. The molecule has 2 amide bonds. The molecule has 1 aliphatic rings. The summed E-state index contributed by atoms with van der Waals surface area (Å²) in [7, 11) is 0. The van der Waals surface area contributed by atoms with Gasteiger partial charge in [-0.15, -0.1) is 0 Å². The molecule has 0 spiro atoms. The van der Waals surface area contributed by atoms with Crippen LogP contribution in [0.15, 0.2) is 40.9 Å². The van der Waals surface area contributed by atoms with Crippen molar-refractivity contribution in [2.75, 3.05) is 30.0 Å². The Morgan fingerprint density at radius 1 is 1.18 bits per heavy atom. The monoisotopic (exact) mass is 516 g/mol. The third kappa shape index (κ3) is 6.35. The van der Waals surface area contributed by atoms with Crippen molar-refractivity contribution in [3.05, 3.63) is 52.0 Å². The van der Waals surface area contributed by atoms with Gasteiger partial charge in [0.25, 0.3) is 5.91 Å². The molecule has 1 fully saturated rings. The smallest absolute Gasteiger partial charge is 0.311 e. The second-order valence-electron chi connectivity index (χ2n) is 8.01. The predicted molar refractivity (Wildman–Crippen MR) is 131 cm³/mol. The van der Waals surface area contributed by atoms with Gasteiger partial charge in [-0.25, -0.2) is 0 Å². The van der Waals surface area contributed by atoms with Crippen molar-refractivity contribution >= 4 is 45.1 Å². The summed E-state index contributed by atoms with van der Waals surface area (Å²) in [5, 5.41) is 2.84. The summed E-state index contributed by atoms with van der Waals surface area (Å²) >= 11 is 3.46. The lowest BCUT2D eigenvalue weighted by Crippen LogP contribution is -2.28. The van der Waals surface area contributed by atoms with Crippen molar-refractivity contribution in [3.8, 4) is 5.75 Å². The molecule has 2 aromatic carbocycles. The first kappa shape index (κ1) is 24.8. The second kappa shape index (κ2) is 11.3. The van der Waals surface area contributed by atoms with E-state index in [0.717, 1.165) is 39.9 Å². The molecule has 176 valence electrons. The van der Waals surface area contributed by atoms with E-state index in [1.54, 1.807) is 17.0 Å². The second-order valence-corrected chi connectivity index (χ2v) is 8.93. The zero-order valence-electron chi connectivity index (χ0n) is 19.2. The molecule has 2 aromatic rings. The van der Waals surface area contributed by atoms with E-state index < -0.39 is 24.4 Å². The van der Waals surface area contributed by atoms with E-state index >= 15 is 0 Å². The van der Waals surface area contributed by atoms with Crippen LogP contribution in [-0.4, -0.2) is 37.5 Å². The molecule has 33 heavy (non-hydrogen) atoms. The van der Waals surface area contributed by atoms with Crippen LogP contribution in [-0.2, 0) is 25.5 Å². The SMILES string of the molecule is CCCOc1ccc(N2C[C@@H](C(=O)OCC(=O)Nc3c(C)cc(Br)cc3CC)CC2=O)cc1. The highest BCUT2D eigenvalue weighted by Crippen LogP contribution is 2.28. The Hall–Kier alpha value is -2.87. The van der Waals surface area contributed by atoms with Crippen LogP contribution in [0.2, 0.25) is 0 Å². The van der Waals surface area contributed by atoms with E-state index in [1.807, 2.05) is 45.0 Å². The Bertz CT molecular complexity index is 1020. The molecule has 1 saturated heterocycles. The van der Waals surface area contributed by atoms with E-state index in [0.29, 0.717) is 12.3 Å². The number of aryl methyl sites for hydroxylation is 2. The third-order valence-electron chi connectivity index (χ3n) is 5.45. The van der Waals surface area contributed by atoms with Gasteiger partial charge in [0.15, 0.2) is 6.61 Å². The van der Waals surface area contributed by atoms with E-state index in [2.05, 4.69) is 21.2 Å². The van der Waals surface area contributed by atoms with Crippen molar-refractivity contribution in [1.82, 2.24) is 0 Å². The maximum absolute atomic E-state index is 12.5. The molecule has 1 atom stereocenters. The molecule has 0 aliphatic carbocycles. The first-order valence-electron chi connectivity index (χ1n) is 11.1. The largest absolute Gasteiger partial charge is 0.494 e. The quantitative estimate of drug-likeness (QED) is 0.490. The average molecular weight is 517 g/mol. The topological polar surface area (TPSA) is 84.9 Å². The van der Waals surface area contributed by atoms with Gasteiger partial charge in [0.2, 0.25) is 5.91 Å². The van der Waals surface area contributed by atoms with Gasteiger partial charge in [-0.1, -0.05) is 29.8 Å². The fourth-order valence-electron chi connectivity index (χ4n) is 3.76. The highest BCUT2D eigenvalue weighted by Gasteiger charge is 2.36. The van der Waals surface area contributed by atoms with E-state index in [9.17, 15) is 14.4 Å². The lowest BCUT2D eigenvalue weighted by molar-refractivity contribution is -0.151. The molecule has 1 aliphatic heterocycles. The molecule has 0 unspecified atom stereocenters. The molecule has 7 nitrogen and oxygen atoms in total. The fraction of sp³-hybridized carbons (Fsp3) is 0.400. The zero-order chi connectivity index (χ0) is 24.0. The van der Waals surface area contributed by atoms with Gasteiger partial charge in [-0.3, -0.25) is 14.4 Å². The number of carbonyl (C=O) groups is 3. The van der Waals surface area contributed by atoms with Gasteiger partial charge in [0, 0.05) is 28.8 Å². The molecule has 8 heteroatoms. The fourth-order valence-corrected chi connectivity index (χ4v) is 4.38. The lowest BCUT2D eigenvalue weighted by Gasteiger charge is -2.17. The van der Waals surface area contributed by atoms with Gasteiger partial charge < -0.3 is 19.7 Å². The molecule has 1 heterocycles. The Labute approximate surface area is 202 Å². The number of benzene rings is 2. The van der Waals surface area contributed by atoms with Crippen LogP contribution in [0.1, 0.15) is 37.8 Å². The first-order chi connectivity index (χ1) is 15.8. The molecule has 0 radical (unpaired) electrons. The Balaban J connectivity index is 1.54. The van der Waals surface area contributed by atoms with Gasteiger partial charge in [0.05, 0.1) is 12.5 Å². The molecule has 0 aromatic heterocycles. The third-order valence-corrected chi connectivity index (χ3v) is 5.91. The minimum absolute atomic E-state index is 0.0559. The van der Waals surface area contributed by atoms with Crippen molar-refractivity contribution < 1.29 is 23.9 Å². The normalized spacial score (nSPS) is 15.5. The summed E-state index contributed by atoms with van der Waals surface area (Å²) in [5.74, 6) is -0.982. The van der Waals surface area contributed by atoms with Gasteiger partial charge in [-0.2, -0.15) is 0 Å². The van der Waals surface area contributed by atoms with Crippen LogP contribution in [0.3, 0.4) is 0 Å². The molecule has 3 rings (SSSR count). The van der Waals surface area contributed by atoms with Gasteiger partial charge in [0.1, 0.15) is 5.75 Å². The zero-order valence-corrected chi connectivity index (χ0v) is 20.7. The van der Waals surface area contributed by atoms with Crippen LogP contribution >= 0.6 is 15.9 Å². The lowest BCUT2D eigenvalue weighted by atomic mass is 10.1. The number of anilines is 2. The van der Waals surface area contributed by atoms with E-state index in [1.165, 1.54) is 0 Å². The summed E-state index contributed by atoms with van der Waals surface area (Å²) in [6, 6.07) is 11.1. The maximum Gasteiger partial charge on any atom is 0.311 e. The number of hydrogen-bond acceptors (Lipinski definition) is 5. The Morgan fingerprint density at radius 2 is 1.91 bits per heavy atom. The van der Waals surface area contributed by atoms with Crippen LogP contribution in [0.25, 0.3) is 0 Å². The minimum atomic E-state index is -0.609. The molecular weight excluding hydrogens is 488 g/mol. The van der Waals surface area contributed by atoms with Crippen molar-refractivity contribution in [2.24, 2.45) is 5.92 Å². The number of nitrogens with one attached hydrogen (secondary N) is 1. The number of esters is 1. The van der Waals surface area contributed by atoms with E-state index in [-0.39, 0.29) is 18.9 Å². The predicted octanol–water partition coefficient (Wildman–Crippen LogP) is 4.64. The van der Waals surface area contributed by atoms with Gasteiger partial charge >= 0.3 is 5.97 Å². The summed E-state index contributed by atoms with van der Waals surface area (Å²) in [6.07, 6.45) is 1.72. The number of ether oxygens (including phenoxy) is 2. The number of amides is 2.